The molecule has 0 saturated carbocycles. The van der Waals surface area contributed by atoms with Gasteiger partial charge in [0.05, 0.1) is 29.8 Å². The first-order valence-electron chi connectivity index (χ1n) is 9.22. The highest BCUT2D eigenvalue weighted by Gasteiger charge is 2.18. The molecule has 1 aromatic carbocycles. The highest BCUT2D eigenvalue weighted by Crippen LogP contribution is 2.31. The summed E-state index contributed by atoms with van der Waals surface area (Å²) in [6.07, 6.45) is 3.81. The summed E-state index contributed by atoms with van der Waals surface area (Å²) in [6, 6.07) is 8.75. The number of benzene rings is 1. The van der Waals surface area contributed by atoms with Crippen LogP contribution in [0.15, 0.2) is 46.4 Å². The zero-order valence-electron chi connectivity index (χ0n) is 15.5. The van der Waals surface area contributed by atoms with Crippen LogP contribution in [0, 0.1) is 0 Å². The second kappa shape index (κ2) is 8.67. The Balaban J connectivity index is 1.40. The molecule has 3 aromatic rings. The summed E-state index contributed by atoms with van der Waals surface area (Å²) in [6.45, 7) is 1.94. The highest BCUT2D eigenvalue weighted by atomic mass is 35.5. The fourth-order valence-electron chi connectivity index (χ4n) is 3.21. The summed E-state index contributed by atoms with van der Waals surface area (Å²) in [5.41, 5.74) is 2.25. The topological polar surface area (TPSA) is 87.5 Å². The van der Waals surface area contributed by atoms with Gasteiger partial charge in [0.1, 0.15) is 0 Å². The predicted octanol–water partition coefficient (Wildman–Crippen LogP) is 4.42. The Morgan fingerprint density at radius 3 is 2.79 bits per heavy atom. The van der Waals surface area contributed by atoms with Gasteiger partial charge in [0, 0.05) is 23.5 Å². The van der Waals surface area contributed by atoms with Crippen LogP contribution in [-0.2, 0) is 11.2 Å². The Bertz CT molecular complexity index is 1010. The molecule has 0 unspecified atom stereocenters. The highest BCUT2D eigenvalue weighted by molar-refractivity contribution is 7.14. The lowest BCUT2D eigenvalue weighted by Gasteiger charge is -2.21. The minimum absolute atomic E-state index is 0.0963. The van der Waals surface area contributed by atoms with Gasteiger partial charge in [-0.2, -0.15) is 0 Å². The normalized spacial score (nSPS) is 13.5. The summed E-state index contributed by atoms with van der Waals surface area (Å²) in [7, 11) is 0. The largest absolute Gasteiger partial charge is 0.459 e. The second-order valence-corrected chi connectivity index (χ2v) is 7.95. The summed E-state index contributed by atoms with van der Waals surface area (Å²) in [5.74, 6) is -0.369. The van der Waals surface area contributed by atoms with Crippen molar-refractivity contribution in [2.45, 2.75) is 19.3 Å². The number of nitrogens with one attached hydrogen (secondary N) is 2. The third-order valence-electron chi connectivity index (χ3n) is 4.54. The first-order valence-corrected chi connectivity index (χ1v) is 10.5. The SMILES string of the molecule is O=C(Cc1csc(NC(=O)c2ccco2)n1)Nc1cc(Cl)ccc1N1CCCC1. The van der Waals surface area contributed by atoms with Gasteiger partial charge in [-0.3, -0.25) is 14.9 Å². The standard InChI is InChI=1S/C20H19ClN4O3S/c21-13-5-6-16(25-7-1-2-8-25)15(10-13)23-18(26)11-14-12-29-20(22-14)24-19(27)17-4-3-9-28-17/h3-6,9-10,12H,1-2,7-8,11H2,(H,23,26)(H,22,24,27). The van der Waals surface area contributed by atoms with E-state index in [1.165, 1.54) is 17.6 Å². The molecule has 2 amide bonds. The maximum absolute atomic E-state index is 12.6. The maximum atomic E-state index is 12.6. The van der Waals surface area contributed by atoms with Crippen LogP contribution >= 0.6 is 22.9 Å². The molecule has 0 radical (unpaired) electrons. The number of aromatic nitrogens is 1. The molecule has 0 bridgehead atoms. The van der Waals surface area contributed by atoms with Crippen molar-refractivity contribution in [3.63, 3.8) is 0 Å². The smallest absolute Gasteiger partial charge is 0.293 e. The fraction of sp³-hybridized carbons (Fsp3) is 0.250. The number of anilines is 3. The minimum Gasteiger partial charge on any atom is -0.459 e. The molecular formula is C20H19ClN4O3S. The molecule has 7 nitrogen and oxygen atoms in total. The van der Waals surface area contributed by atoms with Gasteiger partial charge in [-0.25, -0.2) is 4.98 Å². The van der Waals surface area contributed by atoms with Crippen molar-refractivity contribution < 1.29 is 14.0 Å². The molecule has 2 aromatic heterocycles. The van der Waals surface area contributed by atoms with E-state index in [1.54, 1.807) is 23.6 Å². The predicted molar refractivity (Wildman–Crippen MR) is 114 cm³/mol. The zero-order valence-corrected chi connectivity index (χ0v) is 17.1. The summed E-state index contributed by atoms with van der Waals surface area (Å²) < 4.78 is 5.05. The van der Waals surface area contributed by atoms with Gasteiger partial charge in [-0.05, 0) is 43.2 Å². The van der Waals surface area contributed by atoms with Crippen LogP contribution in [0.2, 0.25) is 5.02 Å². The molecule has 4 rings (SSSR count). The molecule has 1 aliphatic heterocycles. The molecule has 0 spiro atoms. The minimum atomic E-state index is -0.380. The van der Waals surface area contributed by atoms with Crippen LogP contribution in [0.25, 0.3) is 0 Å². The lowest BCUT2D eigenvalue weighted by atomic mass is 10.2. The summed E-state index contributed by atoms with van der Waals surface area (Å²) in [5, 5.41) is 8.33. The number of carbonyl (C=O) groups is 2. The van der Waals surface area contributed by atoms with E-state index in [9.17, 15) is 9.59 Å². The molecular weight excluding hydrogens is 412 g/mol. The lowest BCUT2D eigenvalue weighted by molar-refractivity contribution is -0.115. The summed E-state index contributed by atoms with van der Waals surface area (Å²) in [4.78, 5) is 31.1. The third-order valence-corrected chi connectivity index (χ3v) is 5.58. The average molecular weight is 431 g/mol. The lowest BCUT2D eigenvalue weighted by Crippen LogP contribution is -2.22. The molecule has 1 fully saturated rings. The Labute approximate surface area is 176 Å². The number of furan rings is 1. The fourth-order valence-corrected chi connectivity index (χ4v) is 4.09. The van der Waals surface area contributed by atoms with Crippen LogP contribution in [0.5, 0.6) is 0 Å². The molecule has 9 heteroatoms. The number of rotatable bonds is 6. The van der Waals surface area contributed by atoms with Gasteiger partial charge >= 0.3 is 0 Å². The van der Waals surface area contributed by atoms with E-state index in [1.807, 2.05) is 12.1 Å². The number of hydrogen-bond acceptors (Lipinski definition) is 6. The average Bonchev–Trinajstić information content (AvgIpc) is 3.45. The van der Waals surface area contributed by atoms with Crippen LogP contribution in [0.3, 0.4) is 0 Å². The molecule has 2 N–H and O–H groups in total. The van der Waals surface area contributed by atoms with E-state index in [0.717, 1.165) is 31.6 Å². The molecule has 29 heavy (non-hydrogen) atoms. The van der Waals surface area contributed by atoms with Crippen LogP contribution < -0.4 is 15.5 Å². The van der Waals surface area contributed by atoms with Crippen LogP contribution in [0.1, 0.15) is 29.1 Å². The number of thiazole rings is 1. The van der Waals surface area contributed by atoms with Crippen molar-refractivity contribution in [1.29, 1.82) is 0 Å². The monoisotopic (exact) mass is 430 g/mol. The Morgan fingerprint density at radius 2 is 2.03 bits per heavy atom. The van der Waals surface area contributed by atoms with Crippen molar-refractivity contribution in [3.8, 4) is 0 Å². The van der Waals surface area contributed by atoms with E-state index in [-0.39, 0.29) is 24.0 Å². The van der Waals surface area contributed by atoms with Gasteiger partial charge in [0.15, 0.2) is 10.9 Å². The van der Waals surface area contributed by atoms with Crippen molar-refractivity contribution in [3.05, 3.63) is 58.5 Å². The Hall–Kier alpha value is -2.84. The van der Waals surface area contributed by atoms with Gasteiger partial charge in [-0.1, -0.05) is 11.6 Å². The van der Waals surface area contributed by atoms with Gasteiger partial charge in [0.25, 0.3) is 5.91 Å². The number of halogens is 1. The van der Waals surface area contributed by atoms with E-state index in [4.69, 9.17) is 16.0 Å². The molecule has 1 aliphatic rings. The second-order valence-electron chi connectivity index (χ2n) is 6.66. The molecule has 0 aliphatic carbocycles. The first kappa shape index (κ1) is 19.5. The van der Waals surface area contributed by atoms with Crippen molar-refractivity contribution >= 4 is 51.3 Å². The van der Waals surface area contributed by atoms with E-state index in [0.29, 0.717) is 21.5 Å². The molecule has 3 heterocycles. The molecule has 150 valence electrons. The van der Waals surface area contributed by atoms with E-state index >= 15 is 0 Å². The number of nitrogens with zero attached hydrogens (tertiary/aromatic N) is 2. The third kappa shape index (κ3) is 4.78. The van der Waals surface area contributed by atoms with Crippen LogP contribution in [0.4, 0.5) is 16.5 Å². The number of hydrogen-bond donors (Lipinski definition) is 2. The maximum Gasteiger partial charge on any atom is 0.293 e. The van der Waals surface area contributed by atoms with Crippen LogP contribution in [-0.4, -0.2) is 29.9 Å². The van der Waals surface area contributed by atoms with Crippen molar-refractivity contribution in [1.82, 2.24) is 4.98 Å². The quantitative estimate of drug-likeness (QED) is 0.604. The summed E-state index contributed by atoms with van der Waals surface area (Å²) >= 11 is 7.39. The Morgan fingerprint density at radius 1 is 1.21 bits per heavy atom. The number of carbonyl (C=O) groups excluding carboxylic acids is 2. The van der Waals surface area contributed by atoms with Crippen molar-refractivity contribution in [2.75, 3.05) is 28.6 Å². The van der Waals surface area contributed by atoms with Gasteiger partial charge in [0.2, 0.25) is 5.91 Å². The molecule has 0 atom stereocenters. The zero-order chi connectivity index (χ0) is 20.2. The van der Waals surface area contributed by atoms with Gasteiger partial charge in [-0.15, -0.1) is 11.3 Å². The van der Waals surface area contributed by atoms with E-state index < -0.39 is 0 Å². The van der Waals surface area contributed by atoms with Crippen molar-refractivity contribution in [2.24, 2.45) is 0 Å². The van der Waals surface area contributed by atoms with E-state index in [2.05, 4.69) is 20.5 Å². The van der Waals surface area contributed by atoms with Gasteiger partial charge < -0.3 is 14.6 Å². The number of amides is 2. The molecule has 1 saturated heterocycles. The first-order chi connectivity index (χ1) is 14.1. The Kier molecular flexibility index (Phi) is 5.82.